The Labute approximate surface area is 174 Å². The van der Waals surface area contributed by atoms with Gasteiger partial charge in [0.2, 0.25) is 5.89 Å². The molecule has 0 amide bonds. The van der Waals surface area contributed by atoms with Gasteiger partial charge in [0.1, 0.15) is 4.83 Å². The van der Waals surface area contributed by atoms with E-state index in [0.29, 0.717) is 33.0 Å². The van der Waals surface area contributed by atoms with E-state index in [0.717, 1.165) is 15.3 Å². The smallest absolute Gasteiger partial charge is 0.267 e. The zero-order chi connectivity index (χ0) is 20.0. The largest absolute Gasteiger partial charge is 0.338 e. The summed E-state index contributed by atoms with van der Waals surface area (Å²) < 4.78 is 6.92. The van der Waals surface area contributed by atoms with Crippen molar-refractivity contribution in [3.05, 3.63) is 61.8 Å². The van der Waals surface area contributed by atoms with Crippen LogP contribution in [0.25, 0.3) is 15.9 Å². The highest BCUT2D eigenvalue weighted by Gasteiger charge is 2.22. The predicted molar refractivity (Wildman–Crippen MR) is 113 cm³/mol. The molecule has 0 radical (unpaired) electrons. The van der Waals surface area contributed by atoms with Crippen LogP contribution in [0.5, 0.6) is 0 Å². The van der Waals surface area contributed by atoms with Crippen LogP contribution in [0.2, 0.25) is 5.02 Å². The van der Waals surface area contributed by atoms with Crippen LogP contribution in [0.4, 0.5) is 0 Å². The molecule has 1 atom stereocenters. The minimum Gasteiger partial charge on any atom is -0.338 e. The number of hydrogen-bond acceptors (Lipinski definition) is 7. The van der Waals surface area contributed by atoms with Crippen molar-refractivity contribution in [2.24, 2.45) is 0 Å². The van der Waals surface area contributed by atoms with E-state index in [4.69, 9.17) is 21.1 Å². The van der Waals surface area contributed by atoms with Crippen LogP contribution >= 0.6 is 34.7 Å². The van der Waals surface area contributed by atoms with Gasteiger partial charge in [0.05, 0.1) is 16.3 Å². The van der Waals surface area contributed by atoms with E-state index < -0.39 is 0 Å². The Morgan fingerprint density at radius 3 is 2.54 bits per heavy atom. The van der Waals surface area contributed by atoms with Gasteiger partial charge in [0.25, 0.3) is 5.56 Å². The highest BCUT2D eigenvalue weighted by atomic mass is 35.5. The van der Waals surface area contributed by atoms with E-state index >= 15 is 0 Å². The SMILES string of the molecule is Cc1noc(C(C)Sc2nc3sc(C)c(C)c3c(=O)n2-c2ccc(Cl)cc2)n1. The summed E-state index contributed by atoms with van der Waals surface area (Å²) in [6.07, 6.45) is 0. The lowest BCUT2D eigenvalue weighted by atomic mass is 10.2. The molecule has 9 heteroatoms. The van der Waals surface area contributed by atoms with Crippen LogP contribution in [0.1, 0.15) is 34.3 Å². The maximum Gasteiger partial charge on any atom is 0.267 e. The Hall–Kier alpha value is -2.16. The zero-order valence-corrected chi connectivity index (χ0v) is 18.1. The lowest BCUT2D eigenvalue weighted by molar-refractivity contribution is 0.376. The number of hydrogen-bond donors (Lipinski definition) is 0. The monoisotopic (exact) mass is 432 g/mol. The van der Waals surface area contributed by atoms with Gasteiger partial charge in [-0.05, 0) is 57.5 Å². The molecule has 3 heterocycles. The summed E-state index contributed by atoms with van der Waals surface area (Å²) in [7, 11) is 0. The summed E-state index contributed by atoms with van der Waals surface area (Å²) in [6, 6.07) is 7.16. The van der Waals surface area contributed by atoms with Crippen molar-refractivity contribution >= 4 is 44.9 Å². The third-order valence-electron chi connectivity index (χ3n) is 4.43. The van der Waals surface area contributed by atoms with Gasteiger partial charge in [0.15, 0.2) is 11.0 Å². The lowest BCUT2D eigenvalue weighted by Gasteiger charge is -2.14. The van der Waals surface area contributed by atoms with Gasteiger partial charge < -0.3 is 4.52 Å². The average Bonchev–Trinajstić information content (AvgIpc) is 3.20. The summed E-state index contributed by atoms with van der Waals surface area (Å²) in [5.41, 5.74) is 1.59. The highest BCUT2D eigenvalue weighted by molar-refractivity contribution is 7.99. The zero-order valence-electron chi connectivity index (χ0n) is 15.7. The number of aromatic nitrogens is 4. The second kappa shape index (κ2) is 7.35. The summed E-state index contributed by atoms with van der Waals surface area (Å²) >= 11 is 8.97. The molecule has 4 aromatic rings. The Kier molecular flexibility index (Phi) is 5.03. The normalized spacial score (nSPS) is 12.6. The van der Waals surface area contributed by atoms with E-state index in [1.54, 1.807) is 23.6 Å². The molecule has 0 saturated heterocycles. The Morgan fingerprint density at radius 1 is 1.18 bits per heavy atom. The van der Waals surface area contributed by atoms with Gasteiger partial charge in [-0.3, -0.25) is 9.36 Å². The number of halogens is 1. The van der Waals surface area contributed by atoms with Crippen LogP contribution in [0.3, 0.4) is 0 Å². The first-order valence-electron chi connectivity index (χ1n) is 8.60. The van der Waals surface area contributed by atoms with Crippen molar-refractivity contribution in [3.8, 4) is 5.69 Å². The minimum atomic E-state index is -0.161. The molecule has 144 valence electrons. The lowest BCUT2D eigenvalue weighted by Crippen LogP contribution is -2.21. The molecule has 6 nitrogen and oxygen atoms in total. The second-order valence-electron chi connectivity index (χ2n) is 6.41. The number of nitrogens with zero attached hydrogens (tertiary/aromatic N) is 4. The molecule has 0 spiro atoms. The molecule has 1 unspecified atom stereocenters. The number of rotatable bonds is 4. The van der Waals surface area contributed by atoms with Crippen molar-refractivity contribution in [3.63, 3.8) is 0 Å². The number of thioether (sulfide) groups is 1. The Bertz CT molecular complexity index is 1230. The molecule has 0 aliphatic heterocycles. The van der Waals surface area contributed by atoms with Crippen LogP contribution < -0.4 is 5.56 Å². The van der Waals surface area contributed by atoms with Crippen molar-refractivity contribution in [1.29, 1.82) is 0 Å². The summed E-state index contributed by atoms with van der Waals surface area (Å²) in [4.78, 5) is 24.4. The third-order valence-corrected chi connectivity index (χ3v) is 6.82. The Balaban J connectivity index is 1.91. The molecule has 3 aromatic heterocycles. The van der Waals surface area contributed by atoms with Gasteiger partial charge in [-0.15, -0.1) is 11.3 Å². The van der Waals surface area contributed by atoms with Crippen molar-refractivity contribution in [1.82, 2.24) is 19.7 Å². The third kappa shape index (κ3) is 3.36. The van der Waals surface area contributed by atoms with E-state index in [9.17, 15) is 4.79 Å². The molecule has 0 saturated carbocycles. The van der Waals surface area contributed by atoms with Gasteiger partial charge in [-0.1, -0.05) is 28.5 Å². The first-order valence-corrected chi connectivity index (χ1v) is 10.7. The fourth-order valence-corrected chi connectivity index (χ4v) is 5.01. The molecule has 0 fully saturated rings. The van der Waals surface area contributed by atoms with Crippen LogP contribution in [-0.4, -0.2) is 19.7 Å². The van der Waals surface area contributed by atoms with Crippen LogP contribution in [0, 0.1) is 20.8 Å². The van der Waals surface area contributed by atoms with Crippen molar-refractivity contribution in [2.75, 3.05) is 0 Å². The van der Waals surface area contributed by atoms with Gasteiger partial charge in [-0.2, -0.15) is 4.98 Å². The number of thiophene rings is 1. The predicted octanol–water partition coefficient (Wildman–Crippen LogP) is 5.26. The minimum absolute atomic E-state index is 0.0921. The van der Waals surface area contributed by atoms with Crippen LogP contribution in [-0.2, 0) is 0 Å². The molecule has 0 bridgehead atoms. The molecule has 0 N–H and O–H groups in total. The fourth-order valence-electron chi connectivity index (χ4n) is 2.86. The maximum atomic E-state index is 13.4. The van der Waals surface area contributed by atoms with Crippen molar-refractivity contribution < 1.29 is 4.52 Å². The molecule has 0 aliphatic carbocycles. The summed E-state index contributed by atoms with van der Waals surface area (Å²) in [5, 5.41) is 5.53. The van der Waals surface area contributed by atoms with Gasteiger partial charge in [0, 0.05) is 9.90 Å². The molecule has 1 aromatic carbocycles. The van der Waals surface area contributed by atoms with Crippen molar-refractivity contribution in [2.45, 2.75) is 38.1 Å². The number of benzene rings is 1. The Morgan fingerprint density at radius 2 is 1.89 bits per heavy atom. The molecule has 0 aliphatic rings. The average molecular weight is 433 g/mol. The molecule has 4 rings (SSSR count). The molecular weight excluding hydrogens is 416 g/mol. The fraction of sp³-hybridized carbons (Fsp3) is 0.263. The first-order chi connectivity index (χ1) is 13.3. The van der Waals surface area contributed by atoms with E-state index in [1.807, 2.05) is 32.9 Å². The molecule has 28 heavy (non-hydrogen) atoms. The van der Waals surface area contributed by atoms with Gasteiger partial charge in [-0.25, -0.2) is 4.98 Å². The highest BCUT2D eigenvalue weighted by Crippen LogP contribution is 2.36. The summed E-state index contributed by atoms with van der Waals surface area (Å²) in [6.45, 7) is 7.69. The first kappa shape index (κ1) is 19.2. The standard InChI is InChI=1S/C19H17ClN4O2S2/c1-9-10(2)27-17-15(9)18(25)24(14-7-5-13(20)6-8-14)19(22-17)28-11(3)16-21-12(4)23-26-16/h5-8,11H,1-4H3. The van der Waals surface area contributed by atoms with E-state index in [1.165, 1.54) is 23.1 Å². The van der Waals surface area contributed by atoms with E-state index in [2.05, 4.69) is 10.1 Å². The van der Waals surface area contributed by atoms with Gasteiger partial charge >= 0.3 is 0 Å². The van der Waals surface area contributed by atoms with E-state index in [-0.39, 0.29) is 10.8 Å². The number of aryl methyl sites for hydroxylation is 3. The maximum absolute atomic E-state index is 13.4. The second-order valence-corrected chi connectivity index (χ2v) is 9.36. The quantitative estimate of drug-likeness (QED) is 0.323. The van der Waals surface area contributed by atoms with Crippen LogP contribution in [0.15, 0.2) is 38.7 Å². The number of fused-ring (bicyclic) bond motifs is 1. The summed E-state index contributed by atoms with van der Waals surface area (Å²) in [5.74, 6) is 1.07. The molecular formula is C19H17ClN4O2S2. The topological polar surface area (TPSA) is 73.8 Å².